The maximum Gasteiger partial charge on any atom is 0.251 e. The minimum absolute atomic E-state index is 0.0893. The highest BCUT2D eigenvalue weighted by molar-refractivity contribution is 5.91. The molecule has 0 unspecified atom stereocenters. The molecule has 0 saturated heterocycles. The van der Waals surface area contributed by atoms with Crippen molar-refractivity contribution in [2.24, 2.45) is 0 Å². The van der Waals surface area contributed by atoms with E-state index in [0.29, 0.717) is 0 Å². The van der Waals surface area contributed by atoms with Gasteiger partial charge in [0.1, 0.15) is 0 Å². The molecule has 0 fully saturated rings. The molecule has 70 valence electrons. The van der Waals surface area contributed by atoms with Gasteiger partial charge in [-0.2, -0.15) is 0 Å². The molecule has 3 rings (SSSR count). The Kier molecular flexibility index (Phi) is 1.42. The van der Waals surface area contributed by atoms with Crippen LogP contribution in [0.1, 0.15) is 0 Å². The summed E-state index contributed by atoms with van der Waals surface area (Å²) in [6.45, 7) is 1.59. The van der Waals surface area contributed by atoms with Gasteiger partial charge in [-0.15, -0.1) is 0 Å². The molecule has 0 aliphatic carbocycles. The summed E-state index contributed by atoms with van der Waals surface area (Å²) in [6.07, 6.45) is 0. The van der Waals surface area contributed by atoms with E-state index in [4.69, 9.17) is 0 Å². The zero-order valence-corrected chi connectivity index (χ0v) is 7.66. The Morgan fingerprint density at radius 3 is 3.07 bits per heavy atom. The van der Waals surface area contributed by atoms with Crippen LogP contribution in [-0.4, -0.2) is 11.1 Å². The molecule has 1 aromatic carbocycles. The van der Waals surface area contributed by atoms with E-state index in [2.05, 4.69) is 5.32 Å². The highest BCUT2D eigenvalue weighted by Crippen LogP contribution is 2.23. The predicted octanol–water partition coefficient (Wildman–Crippen LogP) is 1.43. The van der Waals surface area contributed by atoms with Gasteiger partial charge in [0.2, 0.25) is 0 Å². The highest BCUT2D eigenvalue weighted by Gasteiger charge is 2.11. The van der Waals surface area contributed by atoms with Gasteiger partial charge >= 0.3 is 0 Å². The lowest BCUT2D eigenvalue weighted by molar-refractivity contribution is 0.711. The second kappa shape index (κ2) is 2.61. The van der Waals surface area contributed by atoms with Crippen molar-refractivity contribution in [2.75, 3.05) is 11.9 Å². The van der Waals surface area contributed by atoms with Gasteiger partial charge in [-0.05, 0) is 12.1 Å². The molecule has 2 heterocycles. The number of hydrogen-bond donors (Lipinski definition) is 1. The molecule has 1 aliphatic heterocycles. The number of benzene rings is 1. The molecule has 0 spiro atoms. The van der Waals surface area contributed by atoms with Crippen LogP contribution in [0.15, 0.2) is 35.1 Å². The van der Waals surface area contributed by atoms with Crippen molar-refractivity contribution in [3.05, 3.63) is 40.7 Å². The van der Waals surface area contributed by atoms with Gasteiger partial charge in [0, 0.05) is 24.5 Å². The van der Waals surface area contributed by atoms with Crippen molar-refractivity contribution >= 4 is 16.6 Å². The van der Waals surface area contributed by atoms with Crippen molar-refractivity contribution < 1.29 is 0 Å². The summed E-state index contributed by atoms with van der Waals surface area (Å²) in [7, 11) is 0. The SMILES string of the molecule is O=c1ccc2cccc3c2n1CCN3. The van der Waals surface area contributed by atoms with E-state index in [1.807, 2.05) is 28.8 Å². The van der Waals surface area contributed by atoms with E-state index in [0.717, 1.165) is 29.7 Å². The van der Waals surface area contributed by atoms with Gasteiger partial charge in [0.05, 0.1) is 11.2 Å². The molecule has 1 aliphatic rings. The van der Waals surface area contributed by atoms with E-state index in [1.165, 1.54) is 0 Å². The molecule has 0 amide bonds. The van der Waals surface area contributed by atoms with E-state index in [-0.39, 0.29) is 5.56 Å². The Balaban J connectivity index is 2.57. The van der Waals surface area contributed by atoms with Crippen molar-refractivity contribution in [1.29, 1.82) is 0 Å². The monoisotopic (exact) mass is 186 g/mol. The van der Waals surface area contributed by atoms with Crippen LogP contribution >= 0.6 is 0 Å². The van der Waals surface area contributed by atoms with Gasteiger partial charge in [-0.3, -0.25) is 4.79 Å². The van der Waals surface area contributed by atoms with Crippen molar-refractivity contribution in [3.8, 4) is 0 Å². The van der Waals surface area contributed by atoms with E-state index >= 15 is 0 Å². The molecule has 3 nitrogen and oxygen atoms in total. The fraction of sp³-hybridized carbons (Fsp3) is 0.182. The lowest BCUT2D eigenvalue weighted by Crippen LogP contribution is -2.27. The summed E-state index contributed by atoms with van der Waals surface area (Å²) in [5.41, 5.74) is 2.18. The first-order valence-corrected chi connectivity index (χ1v) is 4.73. The van der Waals surface area contributed by atoms with Gasteiger partial charge < -0.3 is 9.88 Å². The molecule has 0 saturated carbocycles. The first-order valence-electron chi connectivity index (χ1n) is 4.73. The first-order chi connectivity index (χ1) is 6.86. The number of para-hydroxylation sites is 1. The molecule has 1 N–H and O–H groups in total. The third-order valence-corrected chi connectivity index (χ3v) is 2.66. The number of nitrogens with zero attached hydrogens (tertiary/aromatic N) is 1. The molecule has 0 bridgehead atoms. The molecule has 3 heteroatoms. The Bertz CT molecular complexity index is 557. The fourth-order valence-corrected chi connectivity index (χ4v) is 2.03. The fourth-order valence-electron chi connectivity index (χ4n) is 2.03. The minimum atomic E-state index is 0.0893. The van der Waals surface area contributed by atoms with E-state index < -0.39 is 0 Å². The van der Waals surface area contributed by atoms with Crippen molar-refractivity contribution in [1.82, 2.24) is 4.57 Å². The Morgan fingerprint density at radius 2 is 2.14 bits per heavy atom. The topological polar surface area (TPSA) is 34.0 Å². The summed E-state index contributed by atoms with van der Waals surface area (Å²) in [5, 5.41) is 4.41. The van der Waals surface area contributed by atoms with Crippen LogP contribution in [0.3, 0.4) is 0 Å². The molecule has 0 atom stereocenters. The first kappa shape index (κ1) is 7.62. The number of rotatable bonds is 0. The number of aromatic nitrogens is 1. The van der Waals surface area contributed by atoms with Gasteiger partial charge in [-0.25, -0.2) is 0 Å². The Labute approximate surface area is 81.0 Å². The summed E-state index contributed by atoms with van der Waals surface area (Å²) < 4.78 is 1.83. The summed E-state index contributed by atoms with van der Waals surface area (Å²) in [5.74, 6) is 0. The Morgan fingerprint density at radius 1 is 1.21 bits per heavy atom. The van der Waals surface area contributed by atoms with Gasteiger partial charge in [0.15, 0.2) is 0 Å². The van der Waals surface area contributed by atoms with Gasteiger partial charge in [-0.1, -0.05) is 12.1 Å². The Hall–Kier alpha value is -1.77. The maximum absolute atomic E-state index is 11.6. The van der Waals surface area contributed by atoms with Crippen LogP contribution in [0.25, 0.3) is 10.9 Å². The quantitative estimate of drug-likeness (QED) is 0.675. The number of hydrogen-bond acceptors (Lipinski definition) is 2. The molecule has 14 heavy (non-hydrogen) atoms. The van der Waals surface area contributed by atoms with E-state index in [1.54, 1.807) is 6.07 Å². The average Bonchev–Trinajstić information content (AvgIpc) is 2.24. The van der Waals surface area contributed by atoms with Crippen LogP contribution in [0.5, 0.6) is 0 Å². The second-order valence-corrected chi connectivity index (χ2v) is 3.49. The van der Waals surface area contributed by atoms with Crippen LogP contribution in [0.2, 0.25) is 0 Å². The standard InChI is InChI=1S/C11H10N2O/c14-10-5-4-8-2-1-3-9-11(8)13(10)7-6-12-9/h1-5,12H,6-7H2. The van der Waals surface area contributed by atoms with Crippen LogP contribution in [0.4, 0.5) is 5.69 Å². The third-order valence-electron chi connectivity index (χ3n) is 2.66. The molecular weight excluding hydrogens is 176 g/mol. The number of pyridine rings is 1. The van der Waals surface area contributed by atoms with Crippen LogP contribution < -0.4 is 10.9 Å². The van der Waals surface area contributed by atoms with E-state index in [9.17, 15) is 4.79 Å². The lowest BCUT2D eigenvalue weighted by atomic mass is 10.1. The molecule has 1 aromatic heterocycles. The minimum Gasteiger partial charge on any atom is -0.382 e. The van der Waals surface area contributed by atoms with Gasteiger partial charge in [0.25, 0.3) is 5.56 Å². The van der Waals surface area contributed by atoms with Crippen molar-refractivity contribution in [3.63, 3.8) is 0 Å². The maximum atomic E-state index is 11.6. The summed E-state index contributed by atoms with van der Waals surface area (Å²) >= 11 is 0. The summed E-state index contributed by atoms with van der Waals surface area (Å²) in [4.78, 5) is 11.6. The third kappa shape index (κ3) is 0.894. The van der Waals surface area contributed by atoms with Crippen LogP contribution in [-0.2, 0) is 6.54 Å². The van der Waals surface area contributed by atoms with Crippen molar-refractivity contribution in [2.45, 2.75) is 6.54 Å². The summed E-state index contributed by atoms with van der Waals surface area (Å²) in [6, 6.07) is 9.56. The average molecular weight is 186 g/mol. The number of anilines is 1. The smallest absolute Gasteiger partial charge is 0.251 e. The zero-order valence-electron chi connectivity index (χ0n) is 7.66. The van der Waals surface area contributed by atoms with Crippen LogP contribution in [0, 0.1) is 0 Å². The highest BCUT2D eigenvalue weighted by atomic mass is 16.1. The molecular formula is C11H10N2O. The normalized spacial score (nSPS) is 14.0. The largest absolute Gasteiger partial charge is 0.382 e. The predicted molar refractivity (Wildman–Crippen MR) is 56.7 cm³/mol. The second-order valence-electron chi connectivity index (χ2n) is 3.49. The lowest BCUT2D eigenvalue weighted by Gasteiger charge is -2.20. The zero-order chi connectivity index (χ0) is 9.54. The molecule has 2 aromatic rings. The number of nitrogens with one attached hydrogen (secondary N) is 1. The molecule has 0 radical (unpaired) electrons.